The van der Waals surface area contributed by atoms with E-state index >= 15 is 0 Å². The predicted octanol–water partition coefficient (Wildman–Crippen LogP) is 2.60. The summed E-state index contributed by atoms with van der Waals surface area (Å²) < 4.78 is 5.77. The Labute approximate surface area is 87.7 Å². The molecule has 1 rings (SSSR count). The first-order chi connectivity index (χ1) is 6.61. The van der Waals surface area contributed by atoms with Gasteiger partial charge >= 0.3 is 0 Å². The summed E-state index contributed by atoms with van der Waals surface area (Å²) in [5, 5.41) is 9.62. The van der Waals surface area contributed by atoms with E-state index in [4.69, 9.17) is 4.74 Å². The monoisotopic (exact) mass is 200 g/mol. The first kappa shape index (κ1) is 12.0. The van der Waals surface area contributed by atoms with Gasteiger partial charge in [0.15, 0.2) is 0 Å². The second-order valence-electron chi connectivity index (χ2n) is 4.94. The molecule has 0 spiro atoms. The Hall–Kier alpha value is -0.0800. The highest BCUT2D eigenvalue weighted by Crippen LogP contribution is 2.26. The van der Waals surface area contributed by atoms with E-state index in [1.54, 1.807) is 0 Å². The number of aliphatic hydroxyl groups is 1. The van der Waals surface area contributed by atoms with Crippen LogP contribution in [0.5, 0.6) is 0 Å². The number of aliphatic hydroxyl groups excluding tert-OH is 1. The lowest BCUT2D eigenvalue weighted by molar-refractivity contribution is -0.0569. The van der Waals surface area contributed by atoms with E-state index in [-0.39, 0.29) is 6.10 Å². The zero-order chi connectivity index (χ0) is 10.6. The molecule has 84 valence electrons. The molecular formula is C12H24O2. The lowest BCUT2D eigenvalue weighted by Crippen LogP contribution is -2.31. The standard InChI is InChI=1S/C12H24O2/c1-9(2)11(13)8-14-12-7-5-4-6-10(12)3/h9-13H,4-8H2,1-3H3. The summed E-state index contributed by atoms with van der Waals surface area (Å²) >= 11 is 0. The maximum absolute atomic E-state index is 9.62. The van der Waals surface area contributed by atoms with Crippen LogP contribution in [-0.4, -0.2) is 23.9 Å². The Balaban J connectivity index is 2.22. The van der Waals surface area contributed by atoms with Crippen LogP contribution in [0.2, 0.25) is 0 Å². The van der Waals surface area contributed by atoms with E-state index in [2.05, 4.69) is 6.92 Å². The molecule has 1 fully saturated rings. The molecule has 1 N–H and O–H groups in total. The zero-order valence-corrected chi connectivity index (χ0v) is 9.70. The topological polar surface area (TPSA) is 29.5 Å². The predicted molar refractivity (Wildman–Crippen MR) is 58.2 cm³/mol. The quantitative estimate of drug-likeness (QED) is 0.756. The van der Waals surface area contributed by atoms with Crippen LogP contribution in [0.4, 0.5) is 0 Å². The van der Waals surface area contributed by atoms with Crippen molar-refractivity contribution >= 4 is 0 Å². The van der Waals surface area contributed by atoms with Gasteiger partial charge in [-0.25, -0.2) is 0 Å². The molecule has 3 atom stereocenters. The molecule has 0 aromatic rings. The van der Waals surface area contributed by atoms with E-state index in [0.717, 1.165) is 0 Å². The Morgan fingerprint density at radius 2 is 1.93 bits per heavy atom. The molecule has 0 bridgehead atoms. The van der Waals surface area contributed by atoms with Crippen molar-refractivity contribution in [3.63, 3.8) is 0 Å². The second-order valence-corrected chi connectivity index (χ2v) is 4.94. The van der Waals surface area contributed by atoms with E-state index in [1.807, 2.05) is 13.8 Å². The van der Waals surface area contributed by atoms with E-state index in [9.17, 15) is 5.11 Å². The third-order valence-electron chi connectivity index (χ3n) is 3.28. The van der Waals surface area contributed by atoms with Crippen molar-refractivity contribution in [1.82, 2.24) is 0 Å². The van der Waals surface area contributed by atoms with Gasteiger partial charge in [0.25, 0.3) is 0 Å². The molecule has 1 aliphatic carbocycles. The number of hydrogen-bond acceptors (Lipinski definition) is 2. The third-order valence-corrected chi connectivity index (χ3v) is 3.28. The van der Waals surface area contributed by atoms with Crippen LogP contribution < -0.4 is 0 Å². The SMILES string of the molecule is CC(C)C(O)COC1CCCCC1C. The molecule has 2 nitrogen and oxygen atoms in total. The number of rotatable bonds is 4. The summed E-state index contributed by atoms with van der Waals surface area (Å²) in [5.74, 6) is 0.969. The first-order valence-corrected chi connectivity index (χ1v) is 5.91. The van der Waals surface area contributed by atoms with Gasteiger partial charge in [-0.2, -0.15) is 0 Å². The van der Waals surface area contributed by atoms with Crippen molar-refractivity contribution < 1.29 is 9.84 Å². The summed E-state index contributed by atoms with van der Waals surface area (Å²) in [6.07, 6.45) is 5.16. The summed E-state index contributed by atoms with van der Waals surface area (Å²) in [7, 11) is 0. The Morgan fingerprint density at radius 3 is 2.50 bits per heavy atom. The molecule has 0 aliphatic heterocycles. The van der Waals surface area contributed by atoms with Gasteiger partial charge in [-0.05, 0) is 24.7 Å². The Morgan fingerprint density at radius 1 is 1.29 bits per heavy atom. The molecule has 0 aromatic heterocycles. The van der Waals surface area contributed by atoms with Crippen molar-refractivity contribution in [1.29, 1.82) is 0 Å². The van der Waals surface area contributed by atoms with Gasteiger partial charge in [-0.15, -0.1) is 0 Å². The summed E-state index contributed by atoms with van der Waals surface area (Å²) in [6, 6.07) is 0. The maximum atomic E-state index is 9.62. The fourth-order valence-electron chi connectivity index (χ4n) is 1.94. The van der Waals surface area contributed by atoms with Crippen LogP contribution in [0.25, 0.3) is 0 Å². The van der Waals surface area contributed by atoms with Crippen molar-refractivity contribution in [2.75, 3.05) is 6.61 Å². The van der Waals surface area contributed by atoms with Crippen LogP contribution in [0, 0.1) is 11.8 Å². The zero-order valence-electron chi connectivity index (χ0n) is 9.70. The molecule has 3 unspecified atom stereocenters. The maximum Gasteiger partial charge on any atom is 0.0796 e. The summed E-state index contributed by atoms with van der Waals surface area (Å²) in [6.45, 7) is 6.81. The minimum absolute atomic E-state index is 0.300. The van der Waals surface area contributed by atoms with Gasteiger partial charge < -0.3 is 9.84 Å². The fourth-order valence-corrected chi connectivity index (χ4v) is 1.94. The molecule has 0 saturated heterocycles. The van der Waals surface area contributed by atoms with Crippen LogP contribution >= 0.6 is 0 Å². The molecule has 2 heteroatoms. The average molecular weight is 200 g/mol. The Bertz CT molecular complexity index is 156. The molecular weight excluding hydrogens is 176 g/mol. The average Bonchev–Trinajstić information content (AvgIpc) is 2.16. The largest absolute Gasteiger partial charge is 0.390 e. The highest BCUT2D eigenvalue weighted by Gasteiger charge is 2.23. The van der Waals surface area contributed by atoms with Crippen molar-refractivity contribution in [2.24, 2.45) is 11.8 Å². The van der Waals surface area contributed by atoms with Gasteiger partial charge in [0, 0.05) is 0 Å². The fraction of sp³-hybridized carbons (Fsp3) is 1.00. The minimum atomic E-state index is -0.302. The lowest BCUT2D eigenvalue weighted by Gasteiger charge is -2.30. The minimum Gasteiger partial charge on any atom is -0.390 e. The van der Waals surface area contributed by atoms with Crippen molar-refractivity contribution in [3.8, 4) is 0 Å². The Kier molecular flexibility index (Phi) is 4.90. The van der Waals surface area contributed by atoms with Gasteiger partial charge in [0.05, 0.1) is 18.8 Å². The van der Waals surface area contributed by atoms with Gasteiger partial charge in [0.2, 0.25) is 0 Å². The smallest absolute Gasteiger partial charge is 0.0796 e. The molecule has 0 amide bonds. The highest BCUT2D eigenvalue weighted by molar-refractivity contribution is 4.73. The first-order valence-electron chi connectivity index (χ1n) is 5.91. The second kappa shape index (κ2) is 5.72. The number of ether oxygens (including phenoxy) is 1. The van der Waals surface area contributed by atoms with Crippen molar-refractivity contribution in [3.05, 3.63) is 0 Å². The van der Waals surface area contributed by atoms with Crippen LogP contribution in [0.1, 0.15) is 46.5 Å². The molecule has 1 saturated carbocycles. The van der Waals surface area contributed by atoms with Crippen LogP contribution in [-0.2, 0) is 4.74 Å². The van der Waals surface area contributed by atoms with E-state index in [0.29, 0.717) is 24.5 Å². The normalized spacial score (nSPS) is 30.6. The molecule has 0 heterocycles. The van der Waals surface area contributed by atoms with Gasteiger partial charge in [-0.1, -0.05) is 33.6 Å². The highest BCUT2D eigenvalue weighted by atomic mass is 16.5. The van der Waals surface area contributed by atoms with Gasteiger partial charge in [-0.3, -0.25) is 0 Å². The van der Waals surface area contributed by atoms with Gasteiger partial charge in [0.1, 0.15) is 0 Å². The number of hydrogen-bond donors (Lipinski definition) is 1. The van der Waals surface area contributed by atoms with E-state index < -0.39 is 0 Å². The third kappa shape index (κ3) is 3.58. The van der Waals surface area contributed by atoms with Crippen LogP contribution in [0.15, 0.2) is 0 Å². The molecule has 1 aliphatic rings. The lowest BCUT2D eigenvalue weighted by atomic mass is 9.88. The molecule has 14 heavy (non-hydrogen) atoms. The summed E-state index contributed by atoms with van der Waals surface area (Å²) in [4.78, 5) is 0. The van der Waals surface area contributed by atoms with Crippen LogP contribution in [0.3, 0.4) is 0 Å². The summed E-state index contributed by atoms with van der Waals surface area (Å²) in [5.41, 5.74) is 0. The van der Waals surface area contributed by atoms with Crippen molar-refractivity contribution in [2.45, 2.75) is 58.7 Å². The molecule has 0 radical (unpaired) electrons. The molecule has 0 aromatic carbocycles. The van der Waals surface area contributed by atoms with E-state index in [1.165, 1.54) is 25.7 Å².